The fourth-order valence-electron chi connectivity index (χ4n) is 5.31. The first kappa shape index (κ1) is 26.4. The maximum atomic E-state index is 13.6. The van der Waals surface area contributed by atoms with Crippen LogP contribution in [0.4, 0.5) is 30.7 Å². The molecule has 1 aliphatic heterocycles. The van der Waals surface area contributed by atoms with E-state index in [-0.39, 0.29) is 35.4 Å². The van der Waals surface area contributed by atoms with Crippen molar-refractivity contribution in [2.75, 3.05) is 0 Å². The molecule has 1 saturated heterocycles. The van der Waals surface area contributed by atoms with Gasteiger partial charge in [-0.15, -0.1) is 0 Å². The average molecular weight is 518 g/mol. The summed E-state index contributed by atoms with van der Waals surface area (Å²) in [6.45, 7) is 1.40. The van der Waals surface area contributed by atoms with E-state index in [2.05, 4.69) is 5.32 Å². The zero-order valence-electron chi connectivity index (χ0n) is 19.2. The van der Waals surface area contributed by atoms with Crippen LogP contribution < -0.4 is 11.1 Å². The van der Waals surface area contributed by atoms with Crippen molar-refractivity contribution in [3.8, 4) is 0 Å². The molecule has 4 nitrogen and oxygen atoms in total. The van der Waals surface area contributed by atoms with Gasteiger partial charge in [0.15, 0.2) is 0 Å². The van der Waals surface area contributed by atoms with Crippen molar-refractivity contribution in [1.82, 2.24) is 5.32 Å². The summed E-state index contributed by atoms with van der Waals surface area (Å²) in [4.78, 5) is 12.0. The minimum atomic E-state index is -4.97. The van der Waals surface area contributed by atoms with Crippen LogP contribution in [0.2, 0.25) is 0 Å². The molecule has 0 aromatic heterocycles. The van der Waals surface area contributed by atoms with Gasteiger partial charge in [0.25, 0.3) is 0 Å². The first-order valence-electron chi connectivity index (χ1n) is 11.5. The fourth-order valence-corrected chi connectivity index (χ4v) is 5.31. The number of carbonyl (C=O) groups excluding carboxylic acids is 1. The zero-order chi connectivity index (χ0) is 26.4. The van der Waals surface area contributed by atoms with E-state index in [9.17, 15) is 35.5 Å². The summed E-state index contributed by atoms with van der Waals surface area (Å²) >= 11 is 0. The van der Waals surface area contributed by atoms with Crippen LogP contribution in [0.5, 0.6) is 0 Å². The van der Waals surface area contributed by atoms with E-state index in [1.54, 1.807) is 12.1 Å². The van der Waals surface area contributed by atoms with E-state index in [1.165, 1.54) is 19.1 Å². The normalized spacial score (nSPS) is 27.8. The third-order valence-electron chi connectivity index (χ3n) is 7.05. The van der Waals surface area contributed by atoms with Crippen LogP contribution in [0.3, 0.4) is 0 Å². The summed E-state index contributed by atoms with van der Waals surface area (Å²) in [7, 11) is 0. The number of hydrogen-bond acceptors (Lipinski definition) is 3. The molecule has 11 heteroatoms. The highest BCUT2D eigenvalue weighted by molar-refractivity contribution is 5.84. The third kappa shape index (κ3) is 5.51. The molecule has 36 heavy (non-hydrogen) atoms. The maximum Gasteiger partial charge on any atom is 0.416 e. The van der Waals surface area contributed by atoms with Gasteiger partial charge in [-0.3, -0.25) is 4.79 Å². The first-order chi connectivity index (χ1) is 16.7. The lowest BCUT2D eigenvalue weighted by atomic mass is 9.82. The van der Waals surface area contributed by atoms with Crippen LogP contribution in [-0.2, 0) is 21.9 Å². The van der Waals surface area contributed by atoms with Crippen molar-refractivity contribution in [3.05, 3.63) is 70.5 Å². The van der Waals surface area contributed by atoms with Gasteiger partial charge in [0, 0.05) is 12.0 Å². The number of nitrogens with two attached hydrogens (primary N) is 1. The summed E-state index contributed by atoms with van der Waals surface area (Å²) < 4.78 is 99.6. The van der Waals surface area contributed by atoms with Gasteiger partial charge in [0.1, 0.15) is 5.82 Å². The number of halogens is 7. The number of carbonyl (C=O) groups is 1. The highest BCUT2D eigenvalue weighted by atomic mass is 19.4. The molecule has 2 aromatic rings. The van der Waals surface area contributed by atoms with Crippen molar-refractivity contribution >= 4 is 5.91 Å². The molecule has 0 bridgehead atoms. The minimum absolute atomic E-state index is 0.0785. The molecule has 1 amide bonds. The molecule has 2 aliphatic rings. The van der Waals surface area contributed by atoms with E-state index >= 15 is 0 Å². The Labute approximate surface area is 203 Å². The van der Waals surface area contributed by atoms with Crippen LogP contribution in [0, 0.1) is 11.7 Å². The van der Waals surface area contributed by atoms with Crippen molar-refractivity contribution < 1.29 is 40.3 Å². The number of amides is 1. The van der Waals surface area contributed by atoms with Crippen LogP contribution >= 0.6 is 0 Å². The Morgan fingerprint density at radius 3 is 2.06 bits per heavy atom. The molecule has 3 N–H and O–H groups in total. The number of nitrogens with one attached hydrogen (secondary N) is 1. The van der Waals surface area contributed by atoms with Crippen LogP contribution in [0.15, 0.2) is 42.5 Å². The summed E-state index contributed by atoms with van der Waals surface area (Å²) in [6.07, 6.45) is -10.2. The van der Waals surface area contributed by atoms with Crippen LogP contribution in [0.1, 0.15) is 60.5 Å². The molecule has 1 heterocycles. The maximum absolute atomic E-state index is 13.6. The molecule has 0 radical (unpaired) electrons. The Balaban J connectivity index is 1.64. The lowest BCUT2D eigenvalue weighted by molar-refractivity contribution is -0.143. The monoisotopic (exact) mass is 518 g/mol. The van der Waals surface area contributed by atoms with Gasteiger partial charge in [0.2, 0.25) is 5.91 Å². The number of alkyl halides is 6. The molecule has 0 spiro atoms. The van der Waals surface area contributed by atoms with E-state index in [1.807, 2.05) is 0 Å². The molecule has 4 rings (SSSR count). The molecule has 1 aliphatic carbocycles. The third-order valence-corrected chi connectivity index (χ3v) is 7.05. The van der Waals surface area contributed by atoms with Gasteiger partial charge in [-0.25, -0.2) is 4.39 Å². The van der Waals surface area contributed by atoms with Crippen molar-refractivity contribution in [1.29, 1.82) is 0 Å². The van der Waals surface area contributed by atoms with Crippen molar-refractivity contribution in [3.63, 3.8) is 0 Å². The number of hydrogen-bond donors (Lipinski definition) is 2. The van der Waals surface area contributed by atoms with Crippen LogP contribution in [0.25, 0.3) is 0 Å². The Morgan fingerprint density at radius 2 is 1.56 bits per heavy atom. The van der Waals surface area contributed by atoms with E-state index in [0.29, 0.717) is 37.0 Å². The summed E-state index contributed by atoms with van der Waals surface area (Å²) in [5.74, 6) is -1.29. The molecular formula is C25H25F7N2O2. The molecule has 1 unspecified atom stereocenters. The van der Waals surface area contributed by atoms with Gasteiger partial charge in [0.05, 0.1) is 29.4 Å². The molecule has 2 fully saturated rings. The highest BCUT2D eigenvalue weighted by Crippen LogP contribution is 2.47. The predicted molar refractivity (Wildman–Crippen MR) is 116 cm³/mol. The summed E-state index contributed by atoms with van der Waals surface area (Å²) in [5, 5.41) is 2.87. The van der Waals surface area contributed by atoms with Crippen molar-refractivity contribution in [2.45, 2.75) is 68.7 Å². The van der Waals surface area contributed by atoms with Gasteiger partial charge in [-0.2, -0.15) is 26.3 Å². The Hall–Kier alpha value is -2.66. The lowest BCUT2D eigenvalue weighted by Gasteiger charge is -2.31. The topological polar surface area (TPSA) is 64.3 Å². The second kappa shape index (κ2) is 9.66. The van der Waals surface area contributed by atoms with E-state index in [0.717, 1.165) is 0 Å². The van der Waals surface area contributed by atoms with Crippen molar-refractivity contribution in [2.24, 2.45) is 11.7 Å². The quantitative estimate of drug-likeness (QED) is 0.498. The zero-order valence-corrected chi connectivity index (χ0v) is 19.2. The molecular weight excluding hydrogens is 493 g/mol. The van der Waals surface area contributed by atoms with Crippen LogP contribution in [-0.4, -0.2) is 24.1 Å². The predicted octanol–water partition coefficient (Wildman–Crippen LogP) is 5.72. The number of benzene rings is 2. The largest absolute Gasteiger partial charge is 0.416 e. The van der Waals surface area contributed by atoms with Gasteiger partial charge in [-0.05, 0) is 73.6 Å². The standard InChI is InChI=1S/C25H25F7N2O2/c1-12(14-8-15(24(27,28)29)10-16(9-14)25(30,31)32)36-21-7-6-18(20-11-19(33)23(35)34-20)22(21)13-2-4-17(26)5-3-13/h2-5,8-10,12,18-22H,6-7,11,33H2,1H3,(H,34,35)/t12-,18?,19+,20-,21+,22+/m1/s1. The first-order valence-corrected chi connectivity index (χ1v) is 11.5. The molecule has 2 aromatic carbocycles. The smallest absolute Gasteiger partial charge is 0.370 e. The SMILES string of the molecule is C[C@@H](O[C@H]1CCC([C@H]2C[C@H](N)C(=O)N2)[C@@H]1c1ccc(F)cc1)c1cc(C(F)(F)F)cc(C(F)(F)F)c1. The Kier molecular flexibility index (Phi) is 7.09. The molecule has 1 saturated carbocycles. The lowest BCUT2D eigenvalue weighted by Crippen LogP contribution is -2.36. The van der Waals surface area contributed by atoms with E-state index in [4.69, 9.17) is 10.5 Å². The highest BCUT2D eigenvalue weighted by Gasteiger charge is 2.46. The van der Waals surface area contributed by atoms with E-state index < -0.39 is 47.5 Å². The Morgan fingerprint density at radius 1 is 0.972 bits per heavy atom. The van der Waals surface area contributed by atoms with Gasteiger partial charge < -0.3 is 15.8 Å². The fraction of sp³-hybridized carbons (Fsp3) is 0.480. The minimum Gasteiger partial charge on any atom is -0.370 e. The van der Waals surface area contributed by atoms with Gasteiger partial charge in [-0.1, -0.05) is 12.1 Å². The summed E-state index contributed by atoms with van der Waals surface area (Å²) in [6, 6.07) is 6.13. The average Bonchev–Trinajstić information content (AvgIpc) is 3.35. The Bertz CT molecular complexity index is 1070. The second-order valence-electron chi connectivity index (χ2n) is 9.43. The van der Waals surface area contributed by atoms with Gasteiger partial charge >= 0.3 is 12.4 Å². The number of ether oxygens (including phenoxy) is 1. The molecule has 6 atom stereocenters. The second-order valence-corrected chi connectivity index (χ2v) is 9.43. The number of rotatable bonds is 5. The summed E-state index contributed by atoms with van der Waals surface area (Å²) in [5.41, 5.74) is 3.47. The molecule has 196 valence electrons.